The third kappa shape index (κ3) is 4.15. The Kier molecular flexibility index (Phi) is 7.35. The molecule has 5 N–H and O–H groups in total. The SMILES string of the molecule is CN1CCc2cc(SC[C@@H](N)C(=O)O)cc3c2[C@H]1Cc1ccc(O)c(O)c1-3.Cl.Cl. The van der Waals surface area contributed by atoms with E-state index >= 15 is 0 Å². The molecule has 2 aromatic rings. The quantitative estimate of drug-likeness (QED) is 0.411. The van der Waals surface area contributed by atoms with Crippen molar-refractivity contribution in [3.63, 3.8) is 0 Å². The van der Waals surface area contributed by atoms with Crippen LogP contribution in [0.4, 0.5) is 0 Å². The highest BCUT2D eigenvalue weighted by molar-refractivity contribution is 7.99. The van der Waals surface area contributed by atoms with Gasteiger partial charge >= 0.3 is 5.97 Å². The monoisotopic (exact) mass is 458 g/mol. The topological polar surface area (TPSA) is 107 Å². The summed E-state index contributed by atoms with van der Waals surface area (Å²) in [7, 11) is 2.11. The minimum atomic E-state index is -1.02. The molecule has 1 aliphatic heterocycles. The molecule has 158 valence electrons. The lowest BCUT2D eigenvalue weighted by molar-refractivity contribution is -0.137. The van der Waals surface area contributed by atoms with Crippen molar-refractivity contribution < 1.29 is 20.1 Å². The number of phenols is 2. The largest absolute Gasteiger partial charge is 0.504 e. The number of nitrogens with zero attached hydrogens (tertiary/aromatic N) is 1. The van der Waals surface area contributed by atoms with Crippen molar-refractivity contribution in [2.24, 2.45) is 5.73 Å². The molecule has 9 heteroatoms. The second kappa shape index (κ2) is 9.02. The highest BCUT2D eigenvalue weighted by Crippen LogP contribution is 2.51. The molecule has 0 saturated carbocycles. The second-order valence-corrected chi connectivity index (χ2v) is 8.31. The summed E-state index contributed by atoms with van der Waals surface area (Å²) < 4.78 is 0. The minimum absolute atomic E-state index is 0. The van der Waals surface area contributed by atoms with E-state index in [1.54, 1.807) is 0 Å². The first-order valence-corrected chi connectivity index (χ1v) is 9.87. The Morgan fingerprint density at radius 1 is 1.28 bits per heavy atom. The van der Waals surface area contributed by atoms with Crippen molar-refractivity contribution in [3.8, 4) is 22.6 Å². The molecule has 0 fully saturated rings. The highest BCUT2D eigenvalue weighted by Gasteiger charge is 2.35. The van der Waals surface area contributed by atoms with Crippen LogP contribution in [0.5, 0.6) is 11.5 Å². The number of hydrogen-bond acceptors (Lipinski definition) is 6. The van der Waals surface area contributed by atoms with E-state index in [-0.39, 0.29) is 48.1 Å². The molecule has 2 atom stereocenters. The summed E-state index contributed by atoms with van der Waals surface area (Å²) >= 11 is 1.41. The van der Waals surface area contributed by atoms with Gasteiger partial charge in [-0.15, -0.1) is 36.6 Å². The number of aliphatic carboxylic acids is 1. The van der Waals surface area contributed by atoms with E-state index < -0.39 is 12.0 Å². The third-order valence-corrected chi connectivity index (χ3v) is 6.61. The fourth-order valence-corrected chi connectivity index (χ4v) is 5.01. The Morgan fingerprint density at radius 3 is 2.69 bits per heavy atom. The molecule has 0 aromatic heterocycles. The van der Waals surface area contributed by atoms with Crippen LogP contribution in [0.3, 0.4) is 0 Å². The average Bonchev–Trinajstić information content (AvgIpc) is 2.65. The maximum absolute atomic E-state index is 11.0. The first-order valence-electron chi connectivity index (χ1n) is 8.89. The number of carboxylic acids is 1. The normalized spacial score (nSPS) is 17.9. The lowest BCUT2D eigenvalue weighted by Gasteiger charge is -2.40. The van der Waals surface area contributed by atoms with Gasteiger partial charge in [-0.05, 0) is 60.3 Å². The van der Waals surface area contributed by atoms with E-state index in [2.05, 4.69) is 18.0 Å². The van der Waals surface area contributed by atoms with Crippen molar-refractivity contribution in [1.29, 1.82) is 0 Å². The van der Waals surface area contributed by atoms with Crippen molar-refractivity contribution in [2.75, 3.05) is 19.3 Å². The van der Waals surface area contributed by atoms with Gasteiger partial charge in [0.15, 0.2) is 11.5 Å². The Labute approximate surface area is 185 Å². The van der Waals surface area contributed by atoms with Gasteiger partial charge in [-0.2, -0.15) is 0 Å². The number of nitrogens with two attached hydrogens (primary N) is 1. The molecular weight excluding hydrogens is 435 g/mol. The summed E-state index contributed by atoms with van der Waals surface area (Å²) in [5.41, 5.74) is 10.7. The Hall–Kier alpha value is -1.64. The predicted octanol–water partition coefficient (Wildman–Crippen LogP) is 3.20. The predicted molar refractivity (Wildman–Crippen MR) is 119 cm³/mol. The van der Waals surface area contributed by atoms with Gasteiger partial charge in [-0.25, -0.2) is 0 Å². The van der Waals surface area contributed by atoms with Crippen LogP contribution in [0, 0.1) is 0 Å². The molecule has 6 nitrogen and oxygen atoms in total. The van der Waals surface area contributed by atoms with E-state index in [1.165, 1.54) is 29.0 Å². The summed E-state index contributed by atoms with van der Waals surface area (Å²) in [6, 6.07) is 6.82. The summed E-state index contributed by atoms with van der Waals surface area (Å²) in [5.74, 6) is -0.964. The molecule has 1 aliphatic carbocycles. The van der Waals surface area contributed by atoms with Crippen molar-refractivity contribution in [3.05, 3.63) is 41.0 Å². The minimum Gasteiger partial charge on any atom is -0.504 e. The van der Waals surface area contributed by atoms with Gasteiger partial charge < -0.3 is 21.1 Å². The van der Waals surface area contributed by atoms with Crippen LogP contribution in [-0.4, -0.2) is 51.6 Å². The Bertz CT molecular complexity index is 941. The molecular formula is C20H24Cl2N2O4S. The van der Waals surface area contributed by atoms with Crippen molar-refractivity contribution in [2.45, 2.75) is 29.8 Å². The molecule has 0 radical (unpaired) electrons. The van der Waals surface area contributed by atoms with E-state index in [9.17, 15) is 15.0 Å². The molecule has 0 spiro atoms. The Balaban J connectivity index is 0.00000150. The number of carbonyl (C=O) groups is 1. The average molecular weight is 459 g/mol. The van der Waals surface area contributed by atoms with Gasteiger partial charge in [-0.3, -0.25) is 9.69 Å². The number of carboxylic acid groups (broad SMARTS) is 1. The zero-order valence-corrected chi connectivity index (χ0v) is 18.2. The molecule has 29 heavy (non-hydrogen) atoms. The summed E-state index contributed by atoms with van der Waals surface area (Å²) in [6.07, 6.45) is 1.68. The first kappa shape index (κ1) is 23.6. The number of hydrogen-bond donors (Lipinski definition) is 4. The zero-order valence-electron chi connectivity index (χ0n) is 15.8. The number of halogens is 2. The maximum Gasteiger partial charge on any atom is 0.321 e. The molecule has 2 aliphatic rings. The van der Waals surface area contributed by atoms with Crippen LogP contribution in [0.2, 0.25) is 0 Å². The van der Waals surface area contributed by atoms with Crippen LogP contribution >= 0.6 is 36.6 Å². The smallest absolute Gasteiger partial charge is 0.321 e. The van der Waals surface area contributed by atoms with Crippen LogP contribution in [0.15, 0.2) is 29.2 Å². The van der Waals surface area contributed by atoms with Gasteiger partial charge in [0.05, 0.1) is 0 Å². The number of fused-ring (bicyclic) bond motifs is 2. The van der Waals surface area contributed by atoms with Crippen LogP contribution in [0.1, 0.15) is 22.7 Å². The number of likely N-dealkylation sites (N-methyl/N-ethyl adjacent to an activating group) is 1. The fraction of sp³-hybridized carbons (Fsp3) is 0.350. The molecule has 1 heterocycles. The molecule has 0 unspecified atom stereocenters. The lowest BCUT2D eigenvalue weighted by atomic mass is 9.77. The summed E-state index contributed by atoms with van der Waals surface area (Å²) in [6.45, 7) is 0.944. The van der Waals surface area contributed by atoms with Crippen LogP contribution in [-0.2, 0) is 17.6 Å². The lowest BCUT2D eigenvalue weighted by Crippen LogP contribution is -2.35. The van der Waals surface area contributed by atoms with Gasteiger partial charge in [0, 0.05) is 28.8 Å². The fourth-order valence-electron chi connectivity index (χ4n) is 4.06. The van der Waals surface area contributed by atoms with E-state index in [4.69, 9.17) is 10.8 Å². The zero-order chi connectivity index (χ0) is 19.3. The number of phenolic OH excluding ortho intramolecular Hbond substituents is 2. The summed E-state index contributed by atoms with van der Waals surface area (Å²) in [4.78, 5) is 14.3. The number of rotatable bonds is 4. The number of benzene rings is 2. The maximum atomic E-state index is 11.0. The molecule has 0 saturated heterocycles. The number of thioether (sulfide) groups is 1. The number of aromatic hydroxyl groups is 2. The molecule has 2 aromatic carbocycles. The second-order valence-electron chi connectivity index (χ2n) is 7.22. The van der Waals surface area contributed by atoms with Gasteiger partial charge in [0.25, 0.3) is 0 Å². The van der Waals surface area contributed by atoms with Gasteiger partial charge in [-0.1, -0.05) is 6.07 Å². The van der Waals surface area contributed by atoms with Crippen LogP contribution < -0.4 is 5.73 Å². The standard InChI is InChI=1S/C20H22N2O4S.2ClH/c1-22-5-4-11-6-12(27-9-14(21)20(25)26)8-13-17(11)15(22)7-10-2-3-16(23)19(24)18(10)13;;/h2-3,6,8,14-15,23-24H,4-5,7,9,21H2,1H3,(H,25,26);2*1H/t14-,15-;;/m1../s1. The van der Waals surface area contributed by atoms with E-state index in [1.807, 2.05) is 12.1 Å². The van der Waals surface area contributed by atoms with Gasteiger partial charge in [0.1, 0.15) is 6.04 Å². The van der Waals surface area contributed by atoms with Crippen molar-refractivity contribution >= 4 is 42.5 Å². The highest BCUT2D eigenvalue weighted by atomic mass is 35.5. The van der Waals surface area contributed by atoms with Crippen molar-refractivity contribution in [1.82, 2.24) is 4.90 Å². The molecule has 4 rings (SSSR count). The summed E-state index contributed by atoms with van der Waals surface area (Å²) in [5, 5.41) is 29.6. The van der Waals surface area contributed by atoms with E-state index in [0.29, 0.717) is 5.56 Å². The molecule has 0 bridgehead atoms. The van der Waals surface area contributed by atoms with Gasteiger partial charge in [0.2, 0.25) is 0 Å². The Morgan fingerprint density at radius 2 is 2.00 bits per heavy atom. The molecule has 0 amide bonds. The van der Waals surface area contributed by atoms with Crippen LogP contribution in [0.25, 0.3) is 11.1 Å². The first-order chi connectivity index (χ1) is 12.9. The van der Waals surface area contributed by atoms with E-state index in [0.717, 1.165) is 35.4 Å². The third-order valence-electron chi connectivity index (χ3n) is 5.51.